The van der Waals surface area contributed by atoms with Crippen LogP contribution in [0.3, 0.4) is 0 Å². The largest absolute Gasteiger partial charge is 0.412 e. The third kappa shape index (κ3) is 4.07. The molecule has 1 aromatic heterocycles. The molecule has 3 N–H and O–H groups in total. The normalized spacial score (nSPS) is 23.8. The van der Waals surface area contributed by atoms with Crippen molar-refractivity contribution in [1.82, 2.24) is 15.3 Å². The van der Waals surface area contributed by atoms with Crippen molar-refractivity contribution in [2.45, 2.75) is 50.4 Å². The van der Waals surface area contributed by atoms with Gasteiger partial charge in [-0.15, -0.1) is 0 Å². The average Bonchev–Trinajstić information content (AvgIpc) is 2.65. The topological polar surface area (TPSA) is 105 Å². The van der Waals surface area contributed by atoms with Crippen molar-refractivity contribution in [2.24, 2.45) is 11.7 Å². The van der Waals surface area contributed by atoms with Gasteiger partial charge in [-0.2, -0.15) is 18.4 Å². The van der Waals surface area contributed by atoms with Crippen LogP contribution in [-0.4, -0.2) is 34.1 Å². The van der Waals surface area contributed by atoms with Gasteiger partial charge in [0.2, 0.25) is 5.91 Å². The molecule has 0 spiro atoms. The van der Waals surface area contributed by atoms with Gasteiger partial charge in [0, 0.05) is 18.4 Å². The molecule has 4 atom stereocenters. The van der Waals surface area contributed by atoms with Crippen molar-refractivity contribution in [2.75, 3.05) is 0 Å². The number of halogens is 3. The monoisotopic (exact) mass is 391 g/mol. The van der Waals surface area contributed by atoms with Gasteiger partial charge in [0.25, 0.3) is 0 Å². The van der Waals surface area contributed by atoms with E-state index in [-0.39, 0.29) is 11.8 Å². The second kappa shape index (κ2) is 7.72. The molecule has 1 aromatic carbocycles. The molecule has 6 nitrogen and oxygen atoms in total. The Hall–Kier alpha value is -2.73. The number of nitrogens with two attached hydrogens (primary N) is 1. The van der Waals surface area contributed by atoms with Gasteiger partial charge in [-0.05, 0) is 42.7 Å². The quantitative estimate of drug-likeness (QED) is 0.837. The summed E-state index contributed by atoms with van der Waals surface area (Å²) in [4.78, 5) is 20.5. The maximum absolute atomic E-state index is 12.7. The molecular weight excluding hydrogens is 371 g/mol. The Kier molecular flexibility index (Phi) is 5.52. The highest BCUT2D eigenvalue weighted by atomic mass is 19.4. The van der Waals surface area contributed by atoms with E-state index in [0.29, 0.717) is 29.4 Å². The summed E-state index contributed by atoms with van der Waals surface area (Å²) in [6.07, 6.45) is 0.127. The minimum Gasteiger partial charge on any atom is -0.352 e. The van der Waals surface area contributed by atoms with E-state index in [0.717, 1.165) is 12.0 Å². The van der Waals surface area contributed by atoms with Crippen molar-refractivity contribution >= 4 is 16.9 Å². The molecule has 0 bridgehead atoms. The number of nitrogens with zero attached hydrogens (tertiary/aromatic N) is 3. The van der Waals surface area contributed by atoms with Crippen LogP contribution >= 0.6 is 0 Å². The second-order valence-electron chi connectivity index (χ2n) is 7.30. The Morgan fingerprint density at radius 3 is 2.57 bits per heavy atom. The first-order valence-electron chi connectivity index (χ1n) is 8.97. The van der Waals surface area contributed by atoms with Crippen molar-refractivity contribution in [1.29, 1.82) is 5.26 Å². The molecule has 3 rings (SSSR count). The number of benzene rings is 1. The number of alkyl halides is 3. The number of nitrogens with one attached hydrogen (secondary N) is 1. The van der Waals surface area contributed by atoms with E-state index in [2.05, 4.69) is 21.4 Å². The zero-order chi connectivity index (χ0) is 20.5. The fourth-order valence-corrected chi connectivity index (χ4v) is 3.91. The summed E-state index contributed by atoms with van der Waals surface area (Å²) in [5.41, 5.74) is 7.42. The van der Waals surface area contributed by atoms with Crippen molar-refractivity contribution in [3.05, 3.63) is 35.7 Å². The Bertz CT molecular complexity index is 924. The molecule has 1 aliphatic rings. The molecule has 1 fully saturated rings. The van der Waals surface area contributed by atoms with Gasteiger partial charge in [0.1, 0.15) is 11.6 Å². The number of rotatable bonds is 3. The Morgan fingerprint density at radius 2 is 1.93 bits per heavy atom. The first kappa shape index (κ1) is 20.0. The van der Waals surface area contributed by atoms with E-state index in [4.69, 9.17) is 5.73 Å². The van der Waals surface area contributed by atoms with Crippen molar-refractivity contribution in [3.8, 4) is 6.07 Å². The standard InChI is InChI=1S/C19H20F3N5O/c1-10-6-12(8-13(7-10)27-18(28)17(24)19(20,21)22)14-3-2-11(9-23)15-16(14)26-5-4-25-15/h2-5,10,12-13,17H,6-8,24H2,1H3,(H,27,28)/t10-,12+,13-,17-/m1/s1. The predicted molar refractivity (Wildman–Crippen MR) is 96.0 cm³/mol. The fourth-order valence-electron chi connectivity index (χ4n) is 3.91. The molecule has 1 amide bonds. The molecule has 0 saturated heterocycles. The molecular formula is C19H20F3N5O. The lowest BCUT2D eigenvalue weighted by Gasteiger charge is -2.35. The first-order valence-corrected chi connectivity index (χ1v) is 8.97. The van der Waals surface area contributed by atoms with Crippen LogP contribution in [0.5, 0.6) is 0 Å². The van der Waals surface area contributed by atoms with E-state index in [1.807, 2.05) is 13.0 Å². The highest BCUT2D eigenvalue weighted by Crippen LogP contribution is 2.39. The number of fused-ring (bicyclic) bond motifs is 1. The summed E-state index contributed by atoms with van der Waals surface area (Å²) in [5.74, 6) is -1.05. The summed E-state index contributed by atoms with van der Waals surface area (Å²) in [6, 6.07) is 2.63. The van der Waals surface area contributed by atoms with E-state index < -0.39 is 24.2 Å². The number of hydrogen-bond acceptors (Lipinski definition) is 5. The molecule has 0 aliphatic heterocycles. The molecule has 148 valence electrons. The van der Waals surface area contributed by atoms with Crippen molar-refractivity contribution in [3.63, 3.8) is 0 Å². The Morgan fingerprint density at radius 1 is 1.25 bits per heavy atom. The average molecular weight is 391 g/mol. The molecule has 1 heterocycles. The summed E-state index contributed by atoms with van der Waals surface area (Å²) >= 11 is 0. The predicted octanol–water partition coefficient (Wildman–Crippen LogP) is 2.78. The summed E-state index contributed by atoms with van der Waals surface area (Å²) in [7, 11) is 0. The lowest BCUT2D eigenvalue weighted by molar-refractivity contribution is -0.163. The molecule has 28 heavy (non-hydrogen) atoms. The van der Waals surface area contributed by atoms with Gasteiger partial charge in [-0.25, -0.2) is 0 Å². The van der Waals surface area contributed by atoms with Crippen LogP contribution in [0.4, 0.5) is 13.2 Å². The fraction of sp³-hybridized carbons (Fsp3) is 0.474. The van der Waals surface area contributed by atoms with Crippen LogP contribution < -0.4 is 11.1 Å². The SMILES string of the molecule is C[C@H]1C[C@@H](NC(=O)[C@@H](N)C(F)(F)F)C[C@@H](c2ccc(C#N)c3nccnc23)C1. The number of carbonyl (C=O) groups is 1. The van der Waals surface area contributed by atoms with Gasteiger partial charge in [-0.3, -0.25) is 14.8 Å². The Balaban J connectivity index is 1.85. The summed E-state index contributed by atoms with van der Waals surface area (Å²) in [6.45, 7) is 1.99. The van der Waals surface area contributed by atoms with Crippen LogP contribution in [0.2, 0.25) is 0 Å². The third-order valence-electron chi connectivity index (χ3n) is 5.14. The van der Waals surface area contributed by atoms with Gasteiger partial charge in [-0.1, -0.05) is 13.0 Å². The molecule has 0 radical (unpaired) electrons. The highest BCUT2D eigenvalue weighted by Gasteiger charge is 2.43. The van der Waals surface area contributed by atoms with Crippen LogP contribution in [0.15, 0.2) is 24.5 Å². The van der Waals surface area contributed by atoms with E-state index >= 15 is 0 Å². The van der Waals surface area contributed by atoms with Gasteiger partial charge >= 0.3 is 6.18 Å². The minimum atomic E-state index is -4.78. The van der Waals surface area contributed by atoms with Crippen LogP contribution in [-0.2, 0) is 4.79 Å². The van der Waals surface area contributed by atoms with Crippen LogP contribution in [0.25, 0.3) is 11.0 Å². The second-order valence-corrected chi connectivity index (χ2v) is 7.30. The third-order valence-corrected chi connectivity index (χ3v) is 5.14. The van der Waals surface area contributed by atoms with Crippen molar-refractivity contribution < 1.29 is 18.0 Å². The first-order chi connectivity index (χ1) is 13.2. The molecule has 2 aromatic rings. The minimum absolute atomic E-state index is 0.0249. The van der Waals surface area contributed by atoms with Gasteiger partial charge in [0.05, 0.1) is 11.1 Å². The Labute approximate surface area is 160 Å². The number of carbonyl (C=O) groups excluding carboxylic acids is 1. The summed E-state index contributed by atoms with van der Waals surface area (Å²) in [5, 5.41) is 11.7. The number of hydrogen-bond donors (Lipinski definition) is 2. The lowest BCUT2D eigenvalue weighted by Crippen LogP contribution is -2.53. The van der Waals surface area contributed by atoms with E-state index in [9.17, 15) is 23.2 Å². The molecule has 9 heteroatoms. The van der Waals surface area contributed by atoms with Gasteiger partial charge in [0.15, 0.2) is 6.04 Å². The summed E-state index contributed by atoms with van der Waals surface area (Å²) < 4.78 is 38.1. The maximum Gasteiger partial charge on any atom is 0.412 e. The van der Waals surface area contributed by atoms with Crippen LogP contribution in [0, 0.1) is 17.2 Å². The zero-order valence-corrected chi connectivity index (χ0v) is 15.2. The smallest absolute Gasteiger partial charge is 0.352 e. The number of nitriles is 1. The van der Waals surface area contributed by atoms with Gasteiger partial charge < -0.3 is 11.1 Å². The highest BCUT2D eigenvalue weighted by molar-refractivity contribution is 5.84. The van der Waals surface area contributed by atoms with E-state index in [1.165, 1.54) is 6.20 Å². The molecule has 0 unspecified atom stereocenters. The molecule has 1 aliphatic carbocycles. The maximum atomic E-state index is 12.7. The van der Waals surface area contributed by atoms with Crippen LogP contribution in [0.1, 0.15) is 43.2 Å². The molecule has 1 saturated carbocycles. The van der Waals surface area contributed by atoms with E-state index in [1.54, 1.807) is 12.3 Å². The zero-order valence-electron chi connectivity index (χ0n) is 15.2. The number of aromatic nitrogens is 2. The lowest BCUT2D eigenvalue weighted by atomic mass is 9.75. The number of amides is 1.